The van der Waals surface area contributed by atoms with Crippen LogP contribution in [0, 0.1) is 0 Å². The molecule has 0 saturated carbocycles. The molecule has 0 radical (unpaired) electrons. The zero-order valence-electron chi connectivity index (χ0n) is 8.78. The molecule has 0 atom stereocenters. The summed E-state index contributed by atoms with van der Waals surface area (Å²) in [7, 11) is 3.83. The molecule has 82 valence electrons. The number of nitrogens with zero attached hydrogens (tertiary/aromatic N) is 1. The number of aromatic carboxylic acids is 1. The molecule has 0 aliphatic rings. The van der Waals surface area contributed by atoms with Crippen molar-refractivity contribution >= 4 is 5.97 Å². The summed E-state index contributed by atoms with van der Waals surface area (Å²) in [5.74, 6) is -1.08. The number of carboxylic acid groups (broad SMARTS) is 1. The Morgan fingerprint density at radius 2 is 2.13 bits per heavy atom. The number of carbonyl (C=O) groups is 1. The molecular weight excluding hydrogens is 196 g/mol. The van der Waals surface area contributed by atoms with Gasteiger partial charge in [0, 0.05) is 24.7 Å². The van der Waals surface area contributed by atoms with Gasteiger partial charge in [-0.2, -0.15) is 0 Å². The van der Waals surface area contributed by atoms with E-state index < -0.39 is 5.97 Å². The van der Waals surface area contributed by atoms with Gasteiger partial charge in [-0.25, -0.2) is 4.79 Å². The summed E-state index contributed by atoms with van der Waals surface area (Å²) in [4.78, 5) is 26.4. The zero-order chi connectivity index (χ0) is 11.4. The van der Waals surface area contributed by atoms with Gasteiger partial charge in [0.05, 0.1) is 5.56 Å². The van der Waals surface area contributed by atoms with E-state index in [1.807, 2.05) is 19.0 Å². The molecule has 5 nitrogen and oxygen atoms in total. The van der Waals surface area contributed by atoms with Crippen molar-refractivity contribution in [1.82, 2.24) is 9.88 Å². The molecule has 0 spiro atoms. The van der Waals surface area contributed by atoms with Gasteiger partial charge in [-0.05, 0) is 20.2 Å². The van der Waals surface area contributed by atoms with Crippen LogP contribution in [0.5, 0.6) is 0 Å². The van der Waals surface area contributed by atoms with Gasteiger partial charge in [0.15, 0.2) is 0 Å². The third-order valence-corrected chi connectivity index (χ3v) is 1.98. The highest BCUT2D eigenvalue weighted by Crippen LogP contribution is 2.00. The van der Waals surface area contributed by atoms with E-state index in [0.29, 0.717) is 12.1 Å². The average molecular weight is 210 g/mol. The summed E-state index contributed by atoms with van der Waals surface area (Å²) in [6.45, 7) is 0.763. The largest absolute Gasteiger partial charge is 0.478 e. The lowest BCUT2D eigenvalue weighted by Gasteiger charge is -2.09. The van der Waals surface area contributed by atoms with Crippen LogP contribution >= 0.6 is 0 Å². The lowest BCUT2D eigenvalue weighted by atomic mass is 10.2. The van der Waals surface area contributed by atoms with E-state index in [2.05, 4.69) is 4.98 Å². The molecule has 1 aromatic heterocycles. The molecular formula is C10H14N2O3. The molecule has 1 heterocycles. The normalized spacial score (nSPS) is 10.6. The number of hydrogen-bond acceptors (Lipinski definition) is 3. The molecule has 5 heteroatoms. The van der Waals surface area contributed by atoms with E-state index in [1.54, 1.807) is 0 Å². The molecule has 1 rings (SSSR count). The van der Waals surface area contributed by atoms with Gasteiger partial charge >= 0.3 is 5.97 Å². The fourth-order valence-corrected chi connectivity index (χ4v) is 1.20. The standard InChI is InChI=1S/C10H14N2O3/c1-12(2)4-3-8-5-7(10(14)15)6-9(13)11-8/h5-6H,3-4H2,1-2H3,(H,11,13)(H,14,15). The van der Waals surface area contributed by atoms with Crippen molar-refractivity contribution in [2.45, 2.75) is 6.42 Å². The second kappa shape index (κ2) is 4.75. The Bertz CT molecular complexity index is 409. The first-order valence-corrected chi connectivity index (χ1v) is 4.60. The molecule has 0 fully saturated rings. The van der Waals surface area contributed by atoms with Gasteiger partial charge in [-0.15, -0.1) is 0 Å². The number of likely N-dealkylation sites (N-methyl/N-ethyl adjacent to an activating group) is 1. The third kappa shape index (κ3) is 3.55. The van der Waals surface area contributed by atoms with Crippen LogP contribution in [0.25, 0.3) is 0 Å². The number of H-pyrrole nitrogens is 1. The molecule has 15 heavy (non-hydrogen) atoms. The molecule has 0 bridgehead atoms. The monoisotopic (exact) mass is 210 g/mol. The number of aromatic nitrogens is 1. The van der Waals surface area contributed by atoms with Crippen LogP contribution in [0.1, 0.15) is 16.1 Å². The summed E-state index contributed by atoms with van der Waals surface area (Å²) in [5.41, 5.74) is 0.310. The van der Waals surface area contributed by atoms with Crippen LogP contribution < -0.4 is 5.56 Å². The fourth-order valence-electron chi connectivity index (χ4n) is 1.20. The summed E-state index contributed by atoms with van der Waals surface area (Å²) < 4.78 is 0. The highest BCUT2D eigenvalue weighted by Gasteiger charge is 2.05. The van der Waals surface area contributed by atoms with Crippen molar-refractivity contribution in [2.24, 2.45) is 0 Å². The number of hydrogen-bond donors (Lipinski definition) is 2. The van der Waals surface area contributed by atoms with Crippen LogP contribution in [0.4, 0.5) is 0 Å². The van der Waals surface area contributed by atoms with Crippen LogP contribution in [-0.4, -0.2) is 41.6 Å². The molecule has 0 aliphatic carbocycles. The van der Waals surface area contributed by atoms with E-state index in [1.165, 1.54) is 6.07 Å². The van der Waals surface area contributed by atoms with Crippen molar-refractivity contribution in [1.29, 1.82) is 0 Å². The maximum Gasteiger partial charge on any atom is 0.335 e. The van der Waals surface area contributed by atoms with Crippen LogP contribution in [0.3, 0.4) is 0 Å². The van der Waals surface area contributed by atoms with Crippen molar-refractivity contribution in [3.63, 3.8) is 0 Å². The minimum Gasteiger partial charge on any atom is -0.478 e. The molecule has 0 aromatic carbocycles. The first-order valence-electron chi connectivity index (χ1n) is 4.60. The quantitative estimate of drug-likeness (QED) is 0.743. The van der Waals surface area contributed by atoms with E-state index in [0.717, 1.165) is 12.6 Å². The van der Waals surface area contributed by atoms with Crippen molar-refractivity contribution in [3.05, 3.63) is 33.7 Å². The predicted octanol–water partition coefficient (Wildman–Crippen LogP) is 0.177. The fraction of sp³-hybridized carbons (Fsp3) is 0.400. The van der Waals surface area contributed by atoms with Gasteiger partial charge in [0.25, 0.3) is 0 Å². The Kier molecular flexibility index (Phi) is 3.62. The van der Waals surface area contributed by atoms with Gasteiger partial charge in [0.2, 0.25) is 5.56 Å². The van der Waals surface area contributed by atoms with Crippen molar-refractivity contribution < 1.29 is 9.90 Å². The Labute approximate surface area is 87.4 Å². The Morgan fingerprint density at radius 3 is 2.67 bits per heavy atom. The lowest BCUT2D eigenvalue weighted by molar-refractivity contribution is 0.0696. The number of carboxylic acids is 1. The second-order valence-corrected chi connectivity index (χ2v) is 3.62. The Morgan fingerprint density at radius 1 is 1.47 bits per heavy atom. The smallest absolute Gasteiger partial charge is 0.335 e. The number of aromatic amines is 1. The first kappa shape index (κ1) is 11.5. The molecule has 0 unspecified atom stereocenters. The maximum atomic E-state index is 11.1. The number of rotatable bonds is 4. The van der Waals surface area contributed by atoms with Gasteiger partial charge < -0.3 is 15.0 Å². The van der Waals surface area contributed by atoms with Gasteiger partial charge in [-0.1, -0.05) is 0 Å². The van der Waals surface area contributed by atoms with Gasteiger partial charge in [0.1, 0.15) is 0 Å². The third-order valence-electron chi connectivity index (χ3n) is 1.98. The number of pyridine rings is 1. The predicted molar refractivity (Wildman–Crippen MR) is 56.3 cm³/mol. The Hall–Kier alpha value is -1.62. The lowest BCUT2D eigenvalue weighted by Crippen LogP contribution is -2.18. The SMILES string of the molecule is CN(C)CCc1cc(C(=O)O)cc(=O)[nH]1. The van der Waals surface area contributed by atoms with Gasteiger partial charge in [-0.3, -0.25) is 4.79 Å². The minimum absolute atomic E-state index is 0.0347. The van der Waals surface area contributed by atoms with E-state index in [4.69, 9.17) is 5.11 Å². The minimum atomic E-state index is -1.08. The summed E-state index contributed by atoms with van der Waals surface area (Å²) in [5, 5.41) is 8.75. The molecule has 0 amide bonds. The molecule has 2 N–H and O–H groups in total. The highest BCUT2D eigenvalue weighted by molar-refractivity contribution is 5.87. The molecule has 0 aliphatic heterocycles. The zero-order valence-corrected chi connectivity index (χ0v) is 8.78. The van der Waals surface area contributed by atoms with E-state index >= 15 is 0 Å². The summed E-state index contributed by atoms with van der Waals surface area (Å²) >= 11 is 0. The van der Waals surface area contributed by atoms with Crippen molar-refractivity contribution in [2.75, 3.05) is 20.6 Å². The average Bonchev–Trinajstić information content (AvgIpc) is 2.13. The summed E-state index contributed by atoms with van der Waals surface area (Å²) in [6.07, 6.45) is 0.628. The van der Waals surface area contributed by atoms with E-state index in [-0.39, 0.29) is 11.1 Å². The highest BCUT2D eigenvalue weighted by atomic mass is 16.4. The van der Waals surface area contributed by atoms with E-state index in [9.17, 15) is 9.59 Å². The molecule has 1 aromatic rings. The summed E-state index contributed by atoms with van der Waals surface area (Å²) in [6, 6.07) is 2.58. The first-order chi connectivity index (χ1) is 6.99. The second-order valence-electron chi connectivity index (χ2n) is 3.62. The number of nitrogens with one attached hydrogen (secondary N) is 1. The maximum absolute atomic E-state index is 11.1. The van der Waals surface area contributed by atoms with Crippen molar-refractivity contribution in [3.8, 4) is 0 Å². The molecule has 0 saturated heterocycles. The van der Waals surface area contributed by atoms with Crippen LogP contribution in [0.15, 0.2) is 16.9 Å². The van der Waals surface area contributed by atoms with Crippen LogP contribution in [-0.2, 0) is 6.42 Å². The topological polar surface area (TPSA) is 73.4 Å². The van der Waals surface area contributed by atoms with Crippen LogP contribution in [0.2, 0.25) is 0 Å². The Balaban J connectivity index is 2.89.